The van der Waals surface area contributed by atoms with Crippen LogP contribution in [-0.2, 0) is 14.6 Å². The summed E-state index contributed by atoms with van der Waals surface area (Å²) in [4.78, 5) is 27.0. The summed E-state index contributed by atoms with van der Waals surface area (Å²) in [6.07, 6.45) is 6.65. The SMILES string of the molecule is CCC(C)n1nc(N2CCCC2=O)c2cnc(Nc3ccnc(OCC(C)(C)S(C)(=O)=O)n3)cc21. The van der Waals surface area contributed by atoms with Crippen LogP contribution in [0.5, 0.6) is 6.01 Å². The fourth-order valence-electron chi connectivity index (χ4n) is 3.62. The monoisotopic (exact) mass is 501 g/mol. The molecule has 1 atom stereocenters. The van der Waals surface area contributed by atoms with Crippen molar-refractivity contribution in [2.24, 2.45) is 0 Å². The molecule has 0 saturated carbocycles. The average molecular weight is 502 g/mol. The zero-order valence-corrected chi connectivity index (χ0v) is 21.5. The van der Waals surface area contributed by atoms with E-state index in [9.17, 15) is 13.2 Å². The molecule has 3 aromatic rings. The van der Waals surface area contributed by atoms with Crippen molar-refractivity contribution < 1.29 is 17.9 Å². The quantitative estimate of drug-likeness (QED) is 0.469. The molecule has 35 heavy (non-hydrogen) atoms. The number of aromatic nitrogens is 5. The highest BCUT2D eigenvalue weighted by atomic mass is 32.2. The van der Waals surface area contributed by atoms with Crippen molar-refractivity contribution >= 4 is 44.1 Å². The molecule has 0 radical (unpaired) electrons. The Labute approximate surface area is 204 Å². The highest BCUT2D eigenvalue weighted by molar-refractivity contribution is 7.92. The van der Waals surface area contributed by atoms with Gasteiger partial charge in [0.1, 0.15) is 23.0 Å². The van der Waals surface area contributed by atoms with Crippen molar-refractivity contribution in [3.63, 3.8) is 0 Å². The minimum absolute atomic E-state index is 0.0623. The molecule has 4 rings (SSSR count). The molecule has 0 bridgehead atoms. The first-order chi connectivity index (χ1) is 16.5. The zero-order chi connectivity index (χ0) is 25.4. The average Bonchev–Trinajstić information content (AvgIpc) is 3.39. The van der Waals surface area contributed by atoms with Crippen molar-refractivity contribution in [3.8, 4) is 6.01 Å². The van der Waals surface area contributed by atoms with Gasteiger partial charge in [0.2, 0.25) is 5.91 Å². The van der Waals surface area contributed by atoms with Crippen molar-refractivity contribution in [2.45, 2.75) is 57.7 Å². The largest absolute Gasteiger partial charge is 0.462 e. The smallest absolute Gasteiger partial charge is 0.318 e. The van der Waals surface area contributed by atoms with Gasteiger partial charge in [0.05, 0.1) is 10.9 Å². The van der Waals surface area contributed by atoms with Gasteiger partial charge in [-0.1, -0.05) is 6.92 Å². The van der Waals surface area contributed by atoms with E-state index in [1.54, 1.807) is 31.0 Å². The van der Waals surface area contributed by atoms with Crippen molar-refractivity contribution in [3.05, 3.63) is 24.5 Å². The highest BCUT2D eigenvalue weighted by Crippen LogP contribution is 2.32. The van der Waals surface area contributed by atoms with Gasteiger partial charge in [0, 0.05) is 43.7 Å². The number of sulfone groups is 1. The van der Waals surface area contributed by atoms with Crippen LogP contribution >= 0.6 is 0 Å². The van der Waals surface area contributed by atoms with E-state index in [-0.39, 0.29) is 24.6 Å². The number of ether oxygens (including phenoxy) is 1. The van der Waals surface area contributed by atoms with Gasteiger partial charge in [-0.3, -0.25) is 14.4 Å². The normalized spacial score (nSPS) is 15.6. The molecule has 1 unspecified atom stereocenters. The van der Waals surface area contributed by atoms with Gasteiger partial charge in [0.25, 0.3) is 0 Å². The van der Waals surface area contributed by atoms with E-state index in [1.807, 2.05) is 10.7 Å². The Morgan fingerprint density at radius 1 is 1.26 bits per heavy atom. The topological polar surface area (TPSA) is 132 Å². The predicted molar refractivity (Wildman–Crippen MR) is 134 cm³/mol. The lowest BCUT2D eigenvalue weighted by atomic mass is 10.2. The second kappa shape index (κ2) is 9.40. The predicted octanol–water partition coefficient (Wildman–Crippen LogP) is 3.26. The highest BCUT2D eigenvalue weighted by Gasteiger charge is 2.31. The Kier molecular flexibility index (Phi) is 6.67. The fourth-order valence-corrected chi connectivity index (χ4v) is 3.89. The molecule has 1 amide bonds. The van der Waals surface area contributed by atoms with Crippen LogP contribution in [-0.4, -0.2) is 63.2 Å². The number of rotatable bonds is 9. The summed E-state index contributed by atoms with van der Waals surface area (Å²) in [6, 6.07) is 3.75. The maximum absolute atomic E-state index is 12.4. The van der Waals surface area contributed by atoms with Crippen LogP contribution in [0.3, 0.4) is 0 Å². The van der Waals surface area contributed by atoms with E-state index in [0.29, 0.717) is 30.4 Å². The summed E-state index contributed by atoms with van der Waals surface area (Å²) in [5.41, 5.74) is 0.868. The van der Waals surface area contributed by atoms with Gasteiger partial charge in [-0.25, -0.2) is 18.4 Å². The number of hydrogen-bond acceptors (Lipinski definition) is 9. The molecular formula is C23H31N7O4S. The van der Waals surface area contributed by atoms with E-state index in [4.69, 9.17) is 9.84 Å². The third kappa shape index (κ3) is 5.07. The molecule has 0 aromatic carbocycles. The molecule has 4 heterocycles. The molecule has 3 aromatic heterocycles. The lowest BCUT2D eigenvalue weighted by molar-refractivity contribution is -0.117. The number of pyridine rings is 1. The first kappa shape index (κ1) is 24.8. The van der Waals surface area contributed by atoms with E-state index in [1.165, 1.54) is 12.5 Å². The Morgan fingerprint density at radius 2 is 2.03 bits per heavy atom. The van der Waals surface area contributed by atoms with Crippen molar-refractivity contribution in [1.82, 2.24) is 24.7 Å². The van der Waals surface area contributed by atoms with Crippen LogP contribution in [0, 0.1) is 0 Å². The molecular weight excluding hydrogens is 470 g/mol. The van der Waals surface area contributed by atoms with E-state index in [2.05, 4.69) is 34.1 Å². The fraction of sp³-hybridized carbons (Fsp3) is 0.522. The lowest BCUT2D eigenvalue weighted by Gasteiger charge is -2.21. The Bertz CT molecular complexity index is 1350. The number of carbonyl (C=O) groups is 1. The maximum Gasteiger partial charge on any atom is 0.318 e. The molecule has 1 aliphatic heterocycles. The van der Waals surface area contributed by atoms with Crippen LogP contribution in [0.25, 0.3) is 10.9 Å². The number of nitrogens with zero attached hydrogens (tertiary/aromatic N) is 6. The molecule has 12 heteroatoms. The van der Waals surface area contributed by atoms with Crippen molar-refractivity contribution in [2.75, 3.05) is 29.6 Å². The third-order valence-corrected chi connectivity index (χ3v) is 8.48. The number of nitrogens with one attached hydrogen (secondary N) is 1. The lowest BCUT2D eigenvalue weighted by Crippen LogP contribution is -2.37. The van der Waals surface area contributed by atoms with E-state index in [0.717, 1.165) is 23.7 Å². The van der Waals surface area contributed by atoms with Crippen LogP contribution < -0.4 is 15.0 Å². The van der Waals surface area contributed by atoms with E-state index >= 15 is 0 Å². The Hall–Kier alpha value is -3.28. The van der Waals surface area contributed by atoms with Crippen molar-refractivity contribution in [1.29, 1.82) is 0 Å². The van der Waals surface area contributed by atoms with E-state index < -0.39 is 14.6 Å². The molecule has 1 aliphatic rings. The first-order valence-corrected chi connectivity index (χ1v) is 13.5. The van der Waals surface area contributed by atoms with Crippen LogP contribution in [0.2, 0.25) is 0 Å². The number of hydrogen-bond donors (Lipinski definition) is 1. The summed E-state index contributed by atoms with van der Waals surface area (Å²) < 4.78 is 30.3. The Balaban J connectivity index is 1.60. The molecule has 0 spiro atoms. The molecule has 188 valence electrons. The van der Waals surface area contributed by atoms with Crippen LogP contribution in [0.4, 0.5) is 17.5 Å². The van der Waals surface area contributed by atoms with Gasteiger partial charge in [-0.05, 0) is 39.7 Å². The Morgan fingerprint density at radius 3 is 2.69 bits per heavy atom. The summed E-state index contributed by atoms with van der Waals surface area (Å²) in [7, 11) is -3.31. The zero-order valence-electron chi connectivity index (χ0n) is 20.6. The summed E-state index contributed by atoms with van der Waals surface area (Å²) in [5.74, 6) is 1.72. The van der Waals surface area contributed by atoms with Crippen LogP contribution in [0.1, 0.15) is 53.0 Å². The summed E-state index contributed by atoms with van der Waals surface area (Å²) in [6.45, 7) is 7.94. The summed E-state index contributed by atoms with van der Waals surface area (Å²) in [5, 5.41) is 8.75. The molecule has 1 saturated heterocycles. The summed E-state index contributed by atoms with van der Waals surface area (Å²) >= 11 is 0. The first-order valence-electron chi connectivity index (χ1n) is 11.6. The number of carbonyl (C=O) groups excluding carboxylic acids is 1. The van der Waals surface area contributed by atoms with Gasteiger partial charge in [-0.2, -0.15) is 10.1 Å². The van der Waals surface area contributed by atoms with Crippen LogP contribution in [0.15, 0.2) is 24.5 Å². The molecule has 1 N–H and O–H groups in total. The third-order valence-electron chi connectivity index (χ3n) is 6.35. The molecule has 1 fully saturated rings. The standard InChI is InChI=1S/C23H31N7O4S/c1-6-15(2)30-17-12-19(25-13-16(17)21(28-30)29-11-7-8-20(29)31)26-18-9-10-24-22(27-18)34-14-23(3,4)35(5,32)33/h9-10,12-13,15H,6-8,11,14H2,1-5H3,(H,24,25,26,27). The minimum atomic E-state index is -3.31. The number of amides is 1. The maximum atomic E-state index is 12.4. The minimum Gasteiger partial charge on any atom is -0.462 e. The van der Waals surface area contributed by atoms with Gasteiger partial charge in [0.15, 0.2) is 15.7 Å². The number of fused-ring (bicyclic) bond motifs is 1. The molecule has 0 aliphatic carbocycles. The van der Waals surface area contributed by atoms with Gasteiger partial charge < -0.3 is 10.1 Å². The molecule has 11 nitrogen and oxygen atoms in total. The second-order valence-corrected chi connectivity index (χ2v) is 12.1. The number of anilines is 3. The van der Waals surface area contributed by atoms with Gasteiger partial charge in [-0.15, -0.1) is 0 Å². The van der Waals surface area contributed by atoms with Gasteiger partial charge >= 0.3 is 6.01 Å². The second-order valence-electron chi connectivity index (χ2n) is 9.43.